The van der Waals surface area contributed by atoms with Gasteiger partial charge in [-0.3, -0.25) is 0 Å². The summed E-state index contributed by atoms with van der Waals surface area (Å²) in [5.74, 6) is 0.703. The highest BCUT2D eigenvalue weighted by Crippen LogP contribution is 2.45. The zero-order valence-electron chi connectivity index (χ0n) is 31.8. The van der Waals surface area contributed by atoms with Crippen LogP contribution in [0.2, 0.25) is 0 Å². The predicted octanol–water partition coefficient (Wildman–Crippen LogP) is 15.2. The molecule has 3 aromatic heterocycles. The molecule has 0 fully saturated rings. The van der Waals surface area contributed by atoms with Crippen LogP contribution in [0, 0.1) is 0 Å². The van der Waals surface area contributed by atoms with Gasteiger partial charge in [0.1, 0.15) is 0 Å². The summed E-state index contributed by atoms with van der Waals surface area (Å²) >= 11 is 1.85. The highest BCUT2D eigenvalue weighted by molar-refractivity contribution is 7.26. The standard InChI is InChI=1S/C55H33N3S/c1-3-13-35(14-4-1)49-33-50(36-15-5-2-6-16-36)58-55(57-49)37-25-23-34(24-26-37)38-28-30-48-47(31-38)54-52(45-21-11-12-22-51(45)59-54)53(56-48)39-27-29-44-42-19-8-7-17-40(42)41-18-9-10-20-43(41)46(44)32-39/h1-33H. The maximum absolute atomic E-state index is 5.49. The van der Waals surface area contributed by atoms with Gasteiger partial charge in [-0.15, -0.1) is 11.3 Å². The van der Waals surface area contributed by atoms with Crippen molar-refractivity contribution >= 4 is 74.7 Å². The molecule has 0 radical (unpaired) electrons. The smallest absolute Gasteiger partial charge is 0.160 e. The summed E-state index contributed by atoms with van der Waals surface area (Å²) in [5, 5.41) is 11.2. The Morgan fingerprint density at radius 3 is 1.44 bits per heavy atom. The summed E-state index contributed by atoms with van der Waals surface area (Å²) in [6.45, 7) is 0. The van der Waals surface area contributed by atoms with E-state index in [9.17, 15) is 0 Å². The molecular formula is C55H33N3S. The van der Waals surface area contributed by atoms with Gasteiger partial charge in [0, 0.05) is 47.8 Å². The molecule has 12 rings (SSSR count). The third kappa shape index (κ3) is 5.60. The third-order valence-electron chi connectivity index (χ3n) is 11.7. The average molecular weight is 768 g/mol. The van der Waals surface area contributed by atoms with Crippen LogP contribution in [0.4, 0.5) is 0 Å². The van der Waals surface area contributed by atoms with Crippen molar-refractivity contribution in [2.24, 2.45) is 0 Å². The van der Waals surface area contributed by atoms with Crippen molar-refractivity contribution in [3.05, 3.63) is 200 Å². The second-order valence-corrected chi connectivity index (χ2v) is 16.2. The Hall–Kier alpha value is -7.53. The second-order valence-electron chi connectivity index (χ2n) is 15.1. The van der Waals surface area contributed by atoms with E-state index in [4.69, 9.17) is 15.0 Å². The van der Waals surface area contributed by atoms with E-state index in [0.717, 1.165) is 61.4 Å². The van der Waals surface area contributed by atoms with E-state index in [2.05, 4.69) is 164 Å². The highest BCUT2D eigenvalue weighted by atomic mass is 32.1. The molecule has 0 bridgehead atoms. The lowest BCUT2D eigenvalue weighted by molar-refractivity contribution is 1.18. The fraction of sp³-hybridized carbons (Fsp3) is 0. The van der Waals surface area contributed by atoms with Crippen LogP contribution in [0.5, 0.6) is 0 Å². The molecule has 0 atom stereocenters. The fourth-order valence-electron chi connectivity index (χ4n) is 8.81. The molecule has 3 nitrogen and oxygen atoms in total. The predicted molar refractivity (Wildman–Crippen MR) is 250 cm³/mol. The molecule has 0 aliphatic carbocycles. The van der Waals surface area contributed by atoms with E-state index in [1.165, 1.54) is 52.5 Å². The van der Waals surface area contributed by atoms with Gasteiger partial charge in [-0.2, -0.15) is 0 Å². The second kappa shape index (κ2) is 13.6. The third-order valence-corrected chi connectivity index (χ3v) is 12.9. The van der Waals surface area contributed by atoms with Gasteiger partial charge in [-0.05, 0) is 73.8 Å². The van der Waals surface area contributed by atoms with Gasteiger partial charge in [0.05, 0.1) is 22.6 Å². The van der Waals surface area contributed by atoms with Gasteiger partial charge in [-0.1, -0.05) is 170 Å². The number of hydrogen-bond acceptors (Lipinski definition) is 4. The number of aromatic nitrogens is 3. The number of fused-ring (bicyclic) bond motifs is 11. The minimum atomic E-state index is 0.703. The molecule has 0 aliphatic rings. The zero-order chi connectivity index (χ0) is 38.9. The zero-order valence-corrected chi connectivity index (χ0v) is 32.6. The Morgan fingerprint density at radius 2 is 0.797 bits per heavy atom. The van der Waals surface area contributed by atoms with Crippen LogP contribution in [0.1, 0.15) is 0 Å². The molecule has 0 spiro atoms. The Bertz CT molecular complexity index is 3500. The SMILES string of the molecule is c1ccc(-c2cc(-c3ccccc3)nc(-c3ccc(-c4ccc5nc(-c6ccc7c8ccccc8c8ccccc8c7c6)c6c7ccccc7sc6c5c4)cc3)n2)cc1. The lowest BCUT2D eigenvalue weighted by atomic mass is 9.92. The lowest BCUT2D eigenvalue weighted by Gasteiger charge is -2.13. The number of benzene rings is 9. The van der Waals surface area contributed by atoms with Crippen LogP contribution in [0.15, 0.2) is 200 Å². The van der Waals surface area contributed by atoms with Gasteiger partial charge in [0.25, 0.3) is 0 Å². The molecule has 0 aliphatic heterocycles. The molecule has 59 heavy (non-hydrogen) atoms. The van der Waals surface area contributed by atoms with Crippen LogP contribution >= 0.6 is 11.3 Å². The van der Waals surface area contributed by atoms with Crippen molar-refractivity contribution in [3.63, 3.8) is 0 Å². The van der Waals surface area contributed by atoms with Crippen molar-refractivity contribution in [1.29, 1.82) is 0 Å². The van der Waals surface area contributed by atoms with Crippen molar-refractivity contribution in [2.75, 3.05) is 0 Å². The van der Waals surface area contributed by atoms with E-state index >= 15 is 0 Å². The van der Waals surface area contributed by atoms with E-state index in [1.54, 1.807) is 0 Å². The molecule has 9 aromatic carbocycles. The lowest BCUT2D eigenvalue weighted by Crippen LogP contribution is -1.96. The first-order chi connectivity index (χ1) is 29.2. The quantitative estimate of drug-likeness (QED) is 0.164. The molecular weight excluding hydrogens is 735 g/mol. The maximum Gasteiger partial charge on any atom is 0.160 e. The van der Waals surface area contributed by atoms with E-state index < -0.39 is 0 Å². The van der Waals surface area contributed by atoms with Crippen LogP contribution < -0.4 is 0 Å². The van der Waals surface area contributed by atoms with E-state index in [1.807, 2.05) is 47.7 Å². The molecule has 0 unspecified atom stereocenters. The number of thiophene rings is 1. The fourth-order valence-corrected chi connectivity index (χ4v) is 10.0. The minimum Gasteiger partial charge on any atom is -0.247 e. The number of pyridine rings is 1. The molecule has 0 saturated heterocycles. The van der Waals surface area contributed by atoms with Crippen LogP contribution in [0.3, 0.4) is 0 Å². The van der Waals surface area contributed by atoms with E-state index in [0.29, 0.717) is 5.82 Å². The summed E-state index contributed by atoms with van der Waals surface area (Å²) in [4.78, 5) is 15.6. The molecule has 12 aromatic rings. The van der Waals surface area contributed by atoms with Gasteiger partial charge < -0.3 is 0 Å². The van der Waals surface area contributed by atoms with Gasteiger partial charge in [0.15, 0.2) is 5.82 Å². The topological polar surface area (TPSA) is 38.7 Å². The summed E-state index contributed by atoms with van der Waals surface area (Å²) in [7, 11) is 0. The molecule has 0 amide bonds. The number of hydrogen-bond donors (Lipinski definition) is 0. The van der Waals surface area contributed by atoms with Gasteiger partial charge >= 0.3 is 0 Å². The Morgan fingerprint density at radius 1 is 0.305 bits per heavy atom. The van der Waals surface area contributed by atoms with Crippen molar-refractivity contribution in [2.45, 2.75) is 0 Å². The van der Waals surface area contributed by atoms with Gasteiger partial charge in [-0.25, -0.2) is 15.0 Å². The molecule has 274 valence electrons. The van der Waals surface area contributed by atoms with Gasteiger partial charge in [0.2, 0.25) is 0 Å². The monoisotopic (exact) mass is 767 g/mol. The van der Waals surface area contributed by atoms with Crippen molar-refractivity contribution in [3.8, 4) is 56.3 Å². The summed E-state index contributed by atoms with van der Waals surface area (Å²) in [6, 6.07) is 71.3. The van der Waals surface area contributed by atoms with Crippen LogP contribution in [0.25, 0.3) is 120 Å². The van der Waals surface area contributed by atoms with Crippen molar-refractivity contribution < 1.29 is 0 Å². The summed E-state index contributed by atoms with van der Waals surface area (Å²) < 4.78 is 2.52. The van der Waals surface area contributed by atoms with Crippen LogP contribution in [-0.4, -0.2) is 15.0 Å². The average Bonchev–Trinajstić information content (AvgIpc) is 3.72. The highest BCUT2D eigenvalue weighted by Gasteiger charge is 2.19. The minimum absolute atomic E-state index is 0.703. The molecule has 0 saturated carbocycles. The number of nitrogens with zero attached hydrogens (tertiary/aromatic N) is 3. The molecule has 0 N–H and O–H groups in total. The Labute approximate surface area is 344 Å². The first-order valence-electron chi connectivity index (χ1n) is 19.9. The normalized spacial score (nSPS) is 11.7. The Balaban J connectivity index is 0.989. The largest absolute Gasteiger partial charge is 0.247 e. The summed E-state index contributed by atoms with van der Waals surface area (Å²) in [5.41, 5.74) is 10.3. The Kier molecular flexibility index (Phi) is 7.72. The van der Waals surface area contributed by atoms with Crippen LogP contribution in [-0.2, 0) is 0 Å². The first-order valence-corrected chi connectivity index (χ1v) is 20.7. The summed E-state index contributed by atoms with van der Waals surface area (Å²) in [6.07, 6.45) is 0. The first kappa shape index (κ1) is 33.6. The molecule has 3 heterocycles. The van der Waals surface area contributed by atoms with Crippen molar-refractivity contribution in [1.82, 2.24) is 15.0 Å². The number of rotatable bonds is 5. The van der Waals surface area contributed by atoms with E-state index in [-0.39, 0.29) is 0 Å². The molecule has 4 heteroatoms. The maximum atomic E-state index is 5.49.